The third-order valence-corrected chi connectivity index (χ3v) is 6.32. The highest BCUT2D eigenvalue weighted by molar-refractivity contribution is 8.03. The van der Waals surface area contributed by atoms with Gasteiger partial charge in [0.25, 0.3) is 0 Å². The molecule has 0 bridgehead atoms. The number of allylic oxidation sites excluding steroid dienone is 1. The molecule has 2 heterocycles. The van der Waals surface area contributed by atoms with Crippen molar-refractivity contribution in [2.45, 2.75) is 18.9 Å². The third-order valence-electron chi connectivity index (χ3n) is 5.11. The van der Waals surface area contributed by atoms with E-state index < -0.39 is 0 Å². The number of nitriles is 1. The van der Waals surface area contributed by atoms with Crippen molar-refractivity contribution in [1.82, 2.24) is 9.80 Å². The number of amides is 1. The number of thioether (sulfide) groups is 1. The standard InChI is InChI=1S/C22H21N3O2S/c1-27-20-10-6-5-9-17(20)18-11-21(26)25-14-24(13-16-7-3-2-4-8-16)15-28-22(25)19(18)12-23/h2-10,18H,11,13-15H2,1H3/t18-/m1/s1. The van der Waals surface area contributed by atoms with E-state index in [1.165, 1.54) is 5.56 Å². The summed E-state index contributed by atoms with van der Waals surface area (Å²) in [7, 11) is 1.62. The Morgan fingerprint density at radius 1 is 1.18 bits per heavy atom. The van der Waals surface area contributed by atoms with Gasteiger partial charge in [0.15, 0.2) is 0 Å². The SMILES string of the molecule is COc1ccccc1[C@H]1CC(=O)N2CN(Cc3ccccc3)CSC2=C1C#N. The van der Waals surface area contributed by atoms with E-state index in [1.807, 2.05) is 42.5 Å². The normalized spacial score (nSPS) is 19.9. The minimum Gasteiger partial charge on any atom is -0.496 e. The monoisotopic (exact) mass is 391 g/mol. The summed E-state index contributed by atoms with van der Waals surface area (Å²) in [5.74, 6) is 1.26. The van der Waals surface area contributed by atoms with Crippen LogP contribution in [0.15, 0.2) is 65.2 Å². The van der Waals surface area contributed by atoms with Gasteiger partial charge >= 0.3 is 0 Å². The van der Waals surface area contributed by atoms with E-state index in [0.717, 1.165) is 23.0 Å². The van der Waals surface area contributed by atoms with Crippen molar-refractivity contribution >= 4 is 17.7 Å². The molecule has 2 aliphatic heterocycles. The number of ether oxygens (including phenoxy) is 1. The molecule has 0 aromatic heterocycles. The predicted octanol–water partition coefficient (Wildman–Crippen LogP) is 3.91. The van der Waals surface area contributed by atoms with Gasteiger partial charge in [-0.15, -0.1) is 0 Å². The summed E-state index contributed by atoms with van der Waals surface area (Å²) in [4.78, 5) is 17.0. The quantitative estimate of drug-likeness (QED) is 0.791. The number of nitrogens with zero attached hydrogens (tertiary/aromatic N) is 3. The Hall–Kier alpha value is -2.75. The summed E-state index contributed by atoms with van der Waals surface area (Å²) in [6.07, 6.45) is 0.284. The lowest BCUT2D eigenvalue weighted by Crippen LogP contribution is -2.46. The molecule has 2 aromatic rings. The number of hydrogen-bond donors (Lipinski definition) is 0. The summed E-state index contributed by atoms with van der Waals surface area (Å²) in [5.41, 5.74) is 2.77. The lowest BCUT2D eigenvalue weighted by atomic mass is 9.86. The summed E-state index contributed by atoms with van der Waals surface area (Å²) in [5, 5.41) is 10.7. The summed E-state index contributed by atoms with van der Waals surface area (Å²) in [6.45, 7) is 1.29. The first-order valence-electron chi connectivity index (χ1n) is 9.18. The van der Waals surface area contributed by atoms with E-state index in [4.69, 9.17) is 4.74 Å². The molecule has 0 saturated carbocycles. The van der Waals surface area contributed by atoms with Crippen LogP contribution in [0.3, 0.4) is 0 Å². The Balaban J connectivity index is 1.62. The fourth-order valence-electron chi connectivity index (χ4n) is 3.77. The van der Waals surface area contributed by atoms with Crippen LogP contribution in [0, 0.1) is 11.3 Å². The zero-order valence-corrected chi connectivity index (χ0v) is 16.5. The predicted molar refractivity (Wildman–Crippen MR) is 109 cm³/mol. The third kappa shape index (κ3) is 3.51. The number of carbonyl (C=O) groups excluding carboxylic acids is 1. The van der Waals surface area contributed by atoms with Crippen LogP contribution < -0.4 is 4.74 Å². The lowest BCUT2D eigenvalue weighted by Gasteiger charge is -2.41. The lowest BCUT2D eigenvalue weighted by molar-refractivity contribution is -0.131. The van der Waals surface area contributed by atoms with Crippen LogP contribution in [0.5, 0.6) is 5.75 Å². The van der Waals surface area contributed by atoms with Crippen molar-refractivity contribution in [3.8, 4) is 11.8 Å². The van der Waals surface area contributed by atoms with Gasteiger partial charge in [-0.25, -0.2) is 0 Å². The molecule has 28 heavy (non-hydrogen) atoms. The number of rotatable bonds is 4. The molecule has 0 aliphatic carbocycles. The fourth-order valence-corrected chi connectivity index (χ4v) is 4.91. The minimum absolute atomic E-state index is 0.0511. The maximum Gasteiger partial charge on any atom is 0.229 e. The first-order valence-corrected chi connectivity index (χ1v) is 10.2. The average Bonchev–Trinajstić information content (AvgIpc) is 2.74. The molecule has 142 valence electrons. The fraction of sp³-hybridized carbons (Fsp3) is 0.273. The highest BCUT2D eigenvalue weighted by Crippen LogP contribution is 2.44. The van der Waals surface area contributed by atoms with Crippen LogP contribution in [-0.4, -0.2) is 35.4 Å². The van der Waals surface area contributed by atoms with Crippen LogP contribution in [0.2, 0.25) is 0 Å². The molecule has 1 fully saturated rings. The van der Waals surface area contributed by atoms with Crippen molar-refractivity contribution in [2.75, 3.05) is 19.7 Å². The molecule has 0 unspecified atom stereocenters. The van der Waals surface area contributed by atoms with Crippen molar-refractivity contribution in [3.63, 3.8) is 0 Å². The van der Waals surface area contributed by atoms with Crippen LogP contribution >= 0.6 is 11.8 Å². The molecular weight excluding hydrogens is 370 g/mol. The van der Waals surface area contributed by atoms with Crippen LogP contribution in [0.4, 0.5) is 0 Å². The molecular formula is C22H21N3O2S. The van der Waals surface area contributed by atoms with E-state index in [2.05, 4.69) is 23.1 Å². The topological polar surface area (TPSA) is 56.6 Å². The molecule has 6 heteroatoms. The molecule has 1 saturated heterocycles. The second kappa shape index (κ2) is 8.09. The summed E-state index contributed by atoms with van der Waals surface area (Å²) >= 11 is 1.57. The van der Waals surface area contributed by atoms with E-state index in [9.17, 15) is 10.1 Å². The van der Waals surface area contributed by atoms with Gasteiger partial charge < -0.3 is 4.74 Å². The first-order chi connectivity index (χ1) is 13.7. The number of methoxy groups -OCH3 is 1. The minimum atomic E-state index is -0.256. The van der Waals surface area contributed by atoms with Gasteiger partial charge in [0.05, 0.1) is 36.3 Å². The van der Waals surface area contributed by atoms with E-state index in [-0.39, 0.29) is 18.2 Å². The molecule has 2 aliphatic rings. The number of fused-ring (bicyclic) bond motifs is 1. The zero-order chi connectivity index (χ0) is 19.5. The van der Waals surface area contributed by atoms with Gasteiger partial charge in [-0.2, -0.15) is 5.26 Å². The van der Waals surface area contributed by atoms with E-state index in [1.54, 1.807) is 23.8 Å². The molecule has 0 radical (unpaired) electrons. The average molecular weight is 391 g/mol. The highest BCUT2D eigenvalue weighted by Gasteiger charge is 2.39. The van der Waals surface area contributed by atoms with Crippen LogP contribution in [-0.2, 0) is 11.3 Å². The molecule has 0 N–H and O–H groups in total. The Bertz CT molecular complexity index is 952. The summed E-state index contributed by atoms with van der Waals surface area (Å²) < 4.78 is 5.47. The van der Waals surface area contributed by atoms with Crippen LogP contribution in [0.1, 0.15) is 23.5 Å². The van der Waals surface area contributed by atoms with Crippen molar-refractivity contribution in [3.05, 3.63) is 76.3 Å². The second-order valence-corrected chi connectivity index (χ2v) is 7.81. The smallest absolute Gasteiger partial charge is 0.229 e. The highest BCUT2D eigenvalue weighted by atomic mass is 32.2. The molecule has 1 amide bonds. The summed E-state index contributed by atoms with van der Waals surface area (Å²) in [6, 6.07) is 20.2. The van der Waals surface area contributed by atoms with Crippen LogP contribution in [0.25, 0.3) is 0 Å². The molecule has 5 nitrogen and oxygen atoms in total. The Kier molecular flexibility index (Phi) is 5.38. The Morgan fingerprint density at radius 2 is 1.93 bits per heavy atom. The van der Waals surface area contributed by atoms with Gasteiger partial charge in [0, 0.05) is 24.4 Å². The Morgan fingerprint density at radius 3 is 2.68 bits per heavy atom. The van der Waals surface area contributed by atoms with Crippen molar-refractivity contribution in [1.29, 1.82) is 5.26 Å². The maximum absolute atomic E-state index is 13.0. The molecule has 0 spiro atoms. The van der Waals surface area contributed by atoms with Gasteiger partial charge in [-0.3, -0.25) is 14.6 Å². The van der Waals surface area contributed by atoms with Crippen molar-refractivity contribution < 1.29 is 9.53 Å². The van der Waals surface area contributed by atoms with E-state index >= 15 is 0 Å². The number of para-hydroxylation sites is 1. The number of benzene rings is 2. The first kappa shape index (κ1) is 18.6. The van der Waals surface area contributed by atoms with Gasteiger partial charge in [0.1, 0.15) is 5.75 Å². The maximum atomic E-state index is 13.0. The molecule has 2 aromatic carbocycles. The van der Waals surface area contributed by atoms with Crippen molar-refractivity contribution in [2.24, 2.45) is 0 Å². The molecule has 1 atom stereocenters. The largest absolute Gasteiger partial charge is 0.496 e. The second-order valence-electron chi connectivity index (χ2n) is 6.88. The number of hydrogen-bond acceptors (Lipinski definition) is 5. The van der Waals surface area contributed by atoms with Gasteiger partial charge in [-0.1, -0.05) is 60.3 Å². The zero-order valence-electron chi connectivity index (χ0n) is 15.7. The van der Waals surface area contributed by atoms with Gasteiger partial charge in [-0.05, 0) is 11.6 Å². The number of carbonyl (C=O) groups is 1. The van der Waals surface area contributed by atoms with E-state index in [0.29, 0.717) is 18.0 Å². The Labute approximate surface area is 169 Å². The van der Waals surface area contributed by atoms with Gasteiger partial charge in [0.2, 0.25) is 5.91 Å². The molecule has 4 rings (SSSR count).